The lowest BCUT2D eigenvalue weighted by Crippen LogP contribution is -2.39. The number of nitrogen functional groups attached to an aromatic ring is 1. The molecule has 1 aromatic rings. The third-order valence-electron chi connectivity index (χ3n) is 3.81. The van der Waals surface area contributed by atoms with Crippen LogP contribution in [0.25, 0.3) is 0 Å². The predicted molar refractivity (Wildman–Crippen MR) is 76.5 cm³/mol. The van der Waals surface area contributed by atoms with Crippen LogP contribution in [0.3, 0.4) is 0 Å². The standard InChI is InChI=1S/C12H21N7O/c13-17-10-14-11(18-5-1-2-6-18)16-12(15-10)19-7-3-4-9(20)8-19/h9,20H,1-8,13H2,(H,14,15,16,17). The van der Waals surface area contributed by atoms with Gasteiger partial charge in [-0.2, -0.15) is 15.0 Å². The van der Waals surface area contributed by atoms with Crippen molar-refractivity contribution in [1.29, 1.82) is 0 Å². The minimum Gasteiger partial charge on any atom is -0.391 e. The van der Waals surface area contributed by atoms with Crippen molar-refractivity contribution in [2.45, 2.75) is 31.8 Å². The van der Waals surface area contributed by atoms with Crippen LogP contribution in [-0.2, 0) is 0 Å². The van der Waals surface area contributed by atoms with Gasteiger partial charge in [-0.1, -0.05) is 0 Å². The lowest BCUT2D eigenvalue weighted by molar-refractivity contribution is 0.153. The van der Waals surface area contributed by atoms with E-state index in [1.807, 2.05) is 4.90 Å². The molecule has 110 valence electrons. The number of aromatic nitrogens is 3. The molecule has 2 aliphatic heterocycles. The molecule has 1 atom stereocenters. The molecule has 0 bridgehead atoms. The lowest BCUT2D eigenvalue weighted by atomic mass is 10.1. The molecule has 8 nitrogen and oxygen atoms in total. The molecule has 0 spiro atoms. The molecule has 3 heterocycles. The zero-order valence-electron chi connectivity index (χ0n) is 11.5. The van der Waals surface area contributed by atoms with Crippen molar-refractivity contribution in [3.05, 3.63) is 0 Å². The van der Waals surface area contributed by atoms with E-state index in [-0.39, 0.29) is 6.10 Å². The Balaban J connectivity index is 1.87. The zero-order valence-corrected chi connectivity index (χ0v) is 11.5. The van der Waals surface area contributed by atoms with E-state index < -0.39 is 0 Å². The molecule has 0 radical (unpaired) electrons. The summed E-state index contributed by atoms with van der Waals surface area (Å²) in [6.07, 6.45) is 3.79. The molecule has 20 heavy (non-hydrogen) atoms. The molecular formula is C12H21N7O. The van der Waals surface area contributed by atoms with E-state index in [1.165, 1.54) is 0 Å². The van der Waals surface area contributed by atoms with Crippen molar-refractivity contribution in [3.63, 3.8) is 0 Å². The van der Waals surface area contributed by atoms with Crippen LogP contribution in [0.15, 0.2) is 0 Å². The maximum atomic E-state index is 9.78. The summed E-state index contributed by atoms with van der Waals surface area (Å²) in [6.45, 7) is 3.35. The second-order valence-corrected chi connectivity index (χ2v) is 5.34. The Hall–Kier alpha value is -1.67. The molecule has 0 saturated carbocycles. The van der Waals surface area contributed by atoms with Crippen molar-refractivity contribution in [1.82, 2.24) is 15.0 Å². The van der Waals surface area contributed by atoms with Gasteiger partial charge in [-0.25, -0.2) is 5.84 Å². The first-order chi connectivity index (χ1) is 9.76. The van der Waals surface area contributed by atoms with Gasteiger partial charge in [-0.05, 0) is 25.7 Å². The van der Waals surface area contributed by atoms with Gasteiger partial charge in [-0.15, -0.1) is 0 Å². The second kappa shape index (κ2) is 5.76. The molecular weight excluding hydrogens is 258 g/mol. The Morgan fingerprint density at radius 1 is 1.00 bits per heavy atom. The number of anilines is 3. The zero-order chi connectivity index (χ0) is 13.9. The highest BCUT2D eigenvalue weighted by molar-refractivity contribution is 5.45. The lowest BCUT2D eigenvalue weighted by Gasteiger charge is -2.30. The monoisotopic (exact) mass is 279 g/mol. The molecule has 2 aliphatic rings. The van der Waals surface area contributed by atoms with Crippen LogP contribution in [0.4, 0.5) is 17.8 Å². The Labute approximate surface area is 118 Å². The molecule has 0 aromatic carbocycles. The number of nitrogens with zero attached hydrogens (tertiary/aromatic N) is 5. The van der Waals surface area contributed by atoms with E-state index in [0.29, 0.717) is 24.4 Å². The number of aliphatic hydroxyl groups excluding tert-OH is 1. The second-order valence-electron chi connectivity index (χ2n) is 5.34. The minimum atomic E-state index is -0.315. The van der Waals surface area contributed by atoms with Gasteiger partial charge >= 0.3 is 0 Å². The van der Waals surface area contributed by atoms with Gasteiger partial charge < -0.3 is 14.9 Å². The van der Waals surface area contributed by atoms with Crippen molar-refractivity contribution in [2.75, 3.05) is 41.4 Å². The van der Waals surface area contributed by atoms with E-state index >= 15 is 0 Å². The first kappa shape index (κ1) is 13.3. The van der Waals surface area contributed by atoms with Gasteiger partial charge in [0.1, 0.15) is 0 Å². The molecule has 0 amide bonds. The van der Waals surface area contributed by atoms with E-state index in [1.54, 1.807) is 0 Å². The van der Waals surface area contributed by atoms with Crippen LogP contribution in [0, 0.1) is 0 Å². The normalized spacial score (nSPS) is 23.2. The maximum absolute atomic E-state index is 9.78. The fourth-order valence-electron chi connectivity index (χ4n) is 2.75. The summed E-state index contributed by atoms with van der Waals surface area (Å²) in [6, 6.07) is 0. The van der Waals surface area contributed by atoms with Crippen LogP contribution in [0.1, 0.15) is 25.7 Å². The Morgan fingerprint density at radius 3 is 2.30 bits per heavy atom. The van der Waals surface area contributed by atoms with Crippen molar-refractivity contribution in [2.24, 2.45) is 5.84 Å². The minimum absolute atomic E-state index is 0.315. The molecule has 8 heteroatoms. The first-order valence-electron chi connectivity index (χ1n) is 7.17. The Kier molecular flexibility index (Phi) is 3.83. The van der Waals surface area contributed by atoms with Gasteiger partial charge in [-0.3, -0.25) is 5.43 Å². The molecule has 1 unspecified atom stereocenters. The molecule has 2 fully saturated rings. The van der Waals surface area contributed by atoms with Gasteiger partial charge in [0.05, 0.1) is 6.10 Å². The van der Waals surface area contributed by atoms with Gasteiger partial charge in [0.25, 0.3) is 0 Å². The summed E-state index contributed by atoms with van der Waals surface area (Å²) < 4.78 is 0. The van der Waals surface area contributed by atoms with Crippen LogP contribution in [0.2, 0.25) is 0 Å². The third kappa shape index (κ3) is 2.75. The molecule has 0 aliphatic carbocycles. The van der Waals surface area contributed by atoms with Crippen molar-refractivity contribution < 1.29 is 5.11 Å². The Bertz CT molecular complexity index is 463. The highest BCUT2D eigenvalue weighted by Crippen LogP contribution is 2.22. The fourth-order valence-corrected chi connectivity index (χ4v) is 2.75. The largest absolute Gasteiger partial charge is 0.391 e. The van der Waals surface area contributed by atoms with E-state index in [0.717, 1.165) is 45.3 Å². The highest BCUT2D eigenvalue weighted by atomic mass is 16.3. The number of hydrogen-bond donors (Lipinski definition) is 3. The van der Waals surface area contributed by atoms with Gasteiger partial charge in [0, 0.05) is 26.2 Å². The SMILES string of the molecule is NNc1nc(N2CCCC2)nc(N2CCCC(O)C2)n1. The smallest absolute Gasteiger partial charge is 0.243 e. The number of aliphatic hydroxyl groups is 1. The molecule has 3 rings (SSSR count). The van der Waals surface area contributed by atoms with Gasteiger partial charge in [0.15, 0.2) is 0 Å². The first-order valence-corrected chi connectivity index (χ1v) is 7.17. The number of nitrogens with two attached hydrogens (primary N) is 1. The van der Waals surface area contributed by atoms with E-state index in [2.05, 4.69) is 25.3 Å². The Morgan fingerprint density at radius 2 is 1.65 bits per heavy atom. The molecule has 2 saturated heterocycles. The fraction of sp³-hybridized carbons (Fsp3) is 0.750. The summed E-state index contributed by atoms with van der Waals surface area (Å²) in [5, 5.41) is 9.78. The van der Waals surface area contributed by atoms with Crippen LogP contribution in [-0.4, -0.2) is 52.3 Å². The van der Waals surface area contributed by atoms with Crippen molar-refractivity contribution >= 4 is 17.8 Å². The maximum Gasteiger partial charge on any atom is 0.243 e. The summed E-state index contributed by atoms with van der Waals surface area (Å²) in [4.78, 5) is 17.3. The number of rotatable bonds is 3. The van der Waals surface area contributed by atoms with E-state index in [4.69, 9.17) is 5.84 Å². The number of hydrazine groups is 1. The number of β-amino-alcohol motifs (C(OH)–C–C–N with tert-alkyl or cyclic N) is 1. The van der Waals surface area contributed by atoms with Gasteiger partial charge in [0.2, 0.25) is 17.8 Å². The summed E-state index contributed by atoms with van der Waals surface area (Å²) in [5.74, 6) is 7.08. The highest BCUT2D eigenvalue weighted by Gasteiger charge is 2.23. The predicted octanol–water partition coefficient (Wildman–Crippen LogP) is -0.282. The number of hydrogen-bond acceptors (Lipinski definition) is 8. The van der Waals surface area contributed by atoms with Crippen LogP contribution in [0.5, 0.6) is 0 Å². The van der Waals surface area contributed by atoms with Crippen LogP contribution >= 0.6 is 0 Å². The number of nitrogens with one attached hydrogen (secondary N) is 1. The number of piperidine rings is 1. The molecule has 4 N–H and O–H groups in total. The summed E-state index contributed by atoms with van der Waals surface area (Å²) in [7, 11) is 0. The summed E-state index contributed by atoms with van der Waals surface area (Å²) in [5.41, 5.74) is 2.50. The average Bonchev–Trinajstić information content (AvgIpc) is 3.01. The quantitative estimate of drug-likeness (QED) is 0.512. The van der Waals surface area contributed by atoms with Crippen molar-refractivity contribution in [3.8, 4) is 0 Å². The molecule has 1 aromatic heterocycles. The van der Waals surface area contributed by atoms with E-state index in [9.17, 15) is 5.11 Å². The summed E-state index contributed by atoms with van der Waals surface area (Å²) >= 11 is 0. The van der Waals surface area contributed by atoms with Crippen LogP contribution < -0.4 is 21.1 Å². The third-order valence-corrected chi connectivity index (χ3v) is 3.81. The average molecular weight is 279 g/mol. The topological polar surface area (TPSA) is 103 Å².